The van der Waals surface area contributed by atoms with Gasteiger partial charge in [-0.05, 0) is 55.7 Å². The van der Waals surface area contributed by atoms with Crippen molar-refractivity contribution in [2.45, 2.75) is 50.6 Å². The van der Waals surface area contributed by atoms with E-state index in [4.69, 9.17) is 0 Å². The van der Waals surface area contributed by atoms with Crippen LogP contribution in [0.4, 0.5) is 5.69 Å². The lowest BCUT2D eigenvalue weighted by molar-refractivity contribution is -0.384. The Morgan fingerprint density at radius 3 is 2.42 bits per heavy atom. The van der Waals surface area contributed by atoms with Gasteiger partial charge in [0.1, 0.15) is 0 Å². The summed E-state index contributed by atoms with van der Waals surface area (Å²) in [5.74, 6) is -0.0945. The summed E-state index contributed by atoms with van der Waals surface area (Å²) in [4.78, 5) is 37.5. The number of non-ortho nitro benzene ring substituents is 1. The topological polar surface area (TPSA) is 105 Å². The Labute approximate surface area is 193 Å². The zero-order valence-corrected chi connectivity index (χ0v) is 18.8. The zero-order valence-electron chi connectivity index (χ0n) is 18.8. The number of rotatable bonds is 7. The second kappa shape index (κ2) is 10.1. The first-order valence-electron chi connectivity index (χ1n) is 11.5. The monoisotopic (exact) mass is 450 g/mol. The second-order valence-electron chi connectivity index (χ2n) is 9.13. The summed E-state index contributed by atoms with van der Waals surface area (Å²) in [6.07, 6.45) is 4.76. The number of nitrogens with zero attached hydrogens (tertiary/aromatic N) is 2. The average Bonchev–Trinajstić information content (AvgIpc) is 2.80. The fourth-order valence-corrected chi connectivity index (χ4v) is 4.94. The van der Waals surface area contributed by atoms with Crippen molar-refractivity contribution in [3.05, 3.63) is 75.3 Å². The van der Waals surface area contributed by atoms with Crippen LogP contribution in [0.25, 0.3) is 0 Å². The molecule has 0 spiro atoms. The van der Waals surface area contributed by atoms with Gasteiger partial charge in [-0.1, -0.05) is 30.3 Å². The summed E-state index contributed by atoms with van der Waals surface area (Å²) in [7, 11) is 0. The maximum absolute atomic E-state index is 12.3. The largest absolute Gasteiger partial charge is 0.349 e. The van der Waals surface area contributed by atoms with Crippen molar-refractivity contribution < 1.29 is 14.5 Å². The van der Waals surface area contributed by atoms with Crippen molar-refractivity contribution in [1.82, 2.24) is 15.5 Å². The van der Waals surface area contributed by atoms with E-state index in [1.807, 2.05) is 0 Å². The normalized spacial score (nSPS) is 21.1. The van der Waals surface area contributed by atoms with Crippen molar-refractivity contribution in [2.24, 2.45) is 0 Å². The van der Waals surface area contributed by atoms with Crippen molar-refractivity contribution in [3.8, 4) is 0 Å². The van der Waals surface area contributed by atoms with E-state index in [2.05, 4.69) is 45.9 Å². The van der Waals surface area contributed by atoms with Crippen LogP contribution in [0.5, 0.6) is 0 Å². The van der Waals surface area contributed by atoms with Crippen LogP contribution < -0.4 is 10.6 Å². The Balaban J connectivity index is 1.17. The van der Waals surface area contributed by atoms with Gasteiger partial charge in [0.25, 0.3) is 11.6 Å². The molecule has 1 aliphatic carbocycles. The summed E-state index contributed by atoms with van der Waals surface area (Å²) < 4.78 is 0. The Kier molecular flexibility index (Phi) is 7.03. The Bertz CT molecular complexity index is 1010. The highest BCUT2D eigenvalue weighted by molar-refractivity contribution is 5.97. The van der Waals surface area contributed by atoms with E-state index in [0.29, 0.717) is 17.5 Å². The quantitative estimate of drug-likeness (QED) is 0.498. The number of carbonyl (C=O) groups excluding carboxylic acids is 2. The van der Waals surface area contributed by atoms with Gasteiger partial charge in [-0.3, -0.25) is 24.6 Å². The number of amides is 2. The van der Waals surface area contributed by atoms with E-state index in [0.717, 1.165) is 13.1 Å². The molecule has 0 atom stereocenters. The number of nitro benzene ring substituents is 1. The van der Waals surface area contributed by atoms with Crippen LogP contribution in [0.1, 0.15) is 53.1 Å². The van der Waals surface area contributed by atoms with Crippen molar-refractivity contribution >= 4 is 17.5 Å². The first-order valence-corrected chi connectivity index (χ1v) is 11.5. The molecule has 2 aromatic carbocycles. The molecule has 1 heterocycles. The zero-order chi connectivity index (χ0) is 23.4. The molecule has 2 fully saturated rings. The van der Waals surface area contributed by atoms with E-state index >= 15 is 0 Å². The third kappa shape index (κ3) is 5.76. The number of nitro groups is 1. The number of hydrogen-bond acceptors (Lipinski definition) is 5. The Hall–Kier alpha value is -3.26. The maximum atomic E-state index is 12.3. The third-order valence-corrected chi connectivity index (χ3v) is 6.70. The number of aryl methyl sites for hydroxylation is 1. The molecule has 2 N–H and O–H groups in total. The molecule has 174 valence electrons. The molecule has 4 rings (SSSR count). The summed E-state index contributed by atoms with van der Waals surface area (Å²) in [5, 5.41) is 16.5. The Morgan fingerprint density at radius 2 is 1.76 bits per heavy atom. The molecule has 1 saturated heterocycles. The predicted octanol–water partition coefficient (Wildman–Crippen LogP) is 3.16. The summed E-state index contributed by atoms with van der Waals surface area (Å²) in [5.41, 5.74) is 2.09. The lowest BCUT2D eigenvalue weighted by Crippen LogP contribution is -2.63. The number of benzene rings is 2. The standard InChI is InChI=1S/C25H30N4O4/c1-17-11-20(13-23(12-17)29(32)33)25(31)26-14-24(30)27-21-15-28(16-21)22-9-7-19(8-10-22)18-5-3-2-4-6-18/h2-6,11-13,19,21-22H,7-10,14-16H2,1H3,(H,26,31)(H,27,30). The molecule has 33 heavy (non-hydrogen) atoms. The van der Waals surface area contributed by atoms with E-state index in [-0.39, 0.29) is 29.7 Å². The average molecular weight is 451 g/mol. The van der Waals surface area contributed by atoms with Crippen LogP contribution in [0.15, 0.2) is 48.5 Å². The predicted molar refractivity (Wildman–Crippen MR) is 125 cm³/mol. The molecule has 2 aliphatic rings. The highest BCUT2D eigenvalue weighted by atomic mass is 16.6. The highest BCUT2D eigenvalue weighted by Gasteiger charge is 2.35. The molecule has 8 heteroatoms. The van der Waals surface area contributed by atoms with E-state index in [1.54, 1.807) is 13.0 Å². The van der Waals surface area contributed by atoms with Crippen LogP contribution in [0.2, 0.25) is 0 Å². The SMILES string of the molecule is Cc1cc(C(=O)NCC(=O)NC2CN(C3CCC(c4ccccc4)CC3)C2)cc([N+](=O)[O-])c1. The van der Waals surface area contributed by atoms with Gasteiger partial charge >= 0.3 is 0 Å². The molecule has 8 nitrogen and oxygen atoms in total. The fraction of sp³-hybridized carbons (Fsp3) is 0.440. The number of hydrogen-bond donors (Lipinski definition) is 2. The molecule has 1 aliphatic heterocycles. The molecule has 0 unspecified atom stereocenters. The summed E-state index contributed by atoms with van der Waals surface area (Å²) >= 11 is 0. The first-order chi connectivity index (χ1) is 15.9. The molecular weight excluding hydrogens is 420 g/mol. The highest BCUT2D eigenvalue weighted by Crippen LogP contribution is 2.35. The molecule has 2 amide bonds. The van der Waals surface area contributed by atoms with Gasteiger partial charge in [0, 0.05) is 36.8 Å². The molecular formula is C25H30N4O4. The lowest BCUT2D eigenvalue weighted by Gasteiger charge is -2.46. The van der Waals surface area contributed by atoms with Crippen LogP contribution in [0.3, 0.4) is 0 Å². The van der Waals surface area contributed by atoms with Crippen LogP contribution in [0, 0.1) is 17.0 Å². The van der Waals surface area contributed by atoms with Gasteiger partial charge in [0.2, 0.25) is 5.91 Å². The second-order valence-corrected chi connectivity index (χ2v) is 9.13. The maximum Gasteiger partial charge on any atom is 0.270 e. The minimum Gasteiger partial charge on any atom is -0.349 e. The molecule has 0 bridgehead atoms. The summed E-state index contributed by atoms with van der Waals surface area (Å²) in [6, 6.07) is 15.6. The van der Waals surface area contributed by atoms with E-state index in [9.17, 15) is 19.7 Å². The smallest absolute Gasteiger partial charge is 0.270 e. The number of likely N-dealkylation sites (tertiary alicyclic amines) is 1. The van der Waals surface area contributed by atoms with Gasteiger partial charge in [-0.15, -0.1) is 0 Å². The minimum absolute atomic E-state index is 0.0984. The minimum atomic E-state index is -0.535. The van der Waals surface area contributed by atoms with Gasteiger partial charge in [-0.25, -0.2) is 0 Å². The van der Waals surface area contributed by atoms with Crippen LogP contribution >= 0.6 is 0 Å². The fourth-order valence-electron chi connectivity index (χ4n) is 4.94. The Morgan fingerprint density at radius 1 is 1.06 bits per heavy atom. The molecule has 1 saturated carbocycles. The first kappa shape index (κ1) is 22.9. The van der Waals surface area contributed by atoms with Crippen LogP contribution in [-0.4, -0.2) is 53.4 Å². The van der Waals surface area contributed by atoms with Crippen molar-refractivity contribution in [2.75, 3.05) is 19.6 Å². The van der Waals surface area contributed by atoms with Crippen LogP contribution in [-0.2, 0) is 4.79 Å². The van der Waals surface area contributed by atoms with E-state index < -0.39 is 10.8 Å². The van der Waals surface area contributed by atoms with E-state index in [1.165, 1.54) is 43.4 Å². The molecule has 0 radical (unpaired) electrons. The van der Waals surface area contributed by atoms with Crippen molar-refractivity contribution in [3.63, 3.8) is 0 Å². The van der Waals surface area contributed by atoms with Gasteiger partial charge in [0.15, 0.2) is 0 Å². The molecule has 0 aromatic heterocycles. The third-order valence-electron chi connectivity index (χ3n) is 6.70. The van der Waals surface area contributed by atoms with Gasteiger partial charge in [-0.2, -0.15) is 0 Å². The lowest BCUT2D eigenvalue weighted by atomic mass is 9.80. The van der Waals surface area contributed by atoms with Gasteiger partial charge in [0.05, 0.1) is 17.5 Å². The molecule has 2 aromatic rings. The number of nitrogens with one attached hydrogen (secondary N) is 2. The summed E-state index contributed by atoms with van der Waals surface area (Å²) in [6.45, 7) is 3.21. The van der Waals surface area contributed by atoms with Gasteiger partial charge < -0.3 is 10.6 Å². The van der Waals surface area contributed by atoms with Crippen molar-refractivity contribution in [1.29, 1.82) is 0 Å². The number of carbonyl (C=O) groups is 2.